The van der Waals surface area contributed by atoms with Crippen LogP contribution >= 0.6 is 12.4 Å². The van der Waals surface area contributed by atoms with Gasteiger partial charge in [0.25, 0.3) is 0 Å². The molecule has 3 N–H and O–H groups in total. The third-order valence-corrected chi connectivity index (χ3v) is 1.98. The minimum Gasteiger partial charge on any atom is -0.393 e. The van der Waals surface area contributed by atoms with E-state index in [2.05, 4.69) is 0 Å². The van der Waals surface area contributed by atoms with Crippen molar-refractivity contribution >= 4 is 12.4 Å². The van der Waals surface area contributed by atoms with Gasteiger partial charge in [0, 0.05) is 6.04 Å². The van der Waals surface area contributed by atoms with Gasteiger partial charge in [0.15, 0.2) is 0 Å². The monoisotopic (exact) mass is 165 g/mol. The van der Waals surface area contributed by atoms with E-state index < -0.39 is 0 Å². The average Bonchev–Trinajstić information content (AvgIpc) is 1.97. The Bertz CT molecular complexity index is 79.7. The molecule has 0 aromatic carbocycles. The van der Waals surface area contributed by atoms with Crippen LogP contribution in [0.25, 0.3) is 0 Å². The zero-order valence-corrected chi connectivity index (χ0v) is 6.94. The predicted molar refractivity (Wildman–Crippen MR) is 44.3 cm³/mol. The van der Waals surface area contributed by atoms with Crippen LogP contribution in [0.1, 0.15) is 32.1 Å². The van der Waals surface area contributed by atoms with Crippen molar-refractivity contribution in [2.45, 2.75) is 44.2 Å². The number of aliphatic hydroxyl groups is 1. The Hall–Kier alpha value is 0.210. The molecule has 0 aromatic rings. The summed E-state index contributed by atoms with van der Waals surface area (Å²) in [7, 11) is 0. The van der Waals surface area contributed by atoms with Gasteiger partial charge < -0.3 is 10.8 Å². The van der Waals surface area contributed by atoms with Crippen LogP contribution in [0.2, 0.25) is 0 Å². The third-order valence-electron chi connectivity index (χ3n) is 1.98. The predicted octanol–water partition coefficient (Wildman–Crippen LogP) is 1.06. The van der Waals surface area contributed by atoms with Crippen molar-refractivity contribution in [3.8, 4) is 0 Å². The van der Waals surface area contributed by atoms with E-state index in [9.17, 15) is 0 Å². The Balaban J connectivity index is 0.000000810. The largest absolute Gasteiger partial charge is 0.393 e. The summed E-state index contributed by atoms with van der Waals surface area (Å²) < 4.78 is 0. The summed E-state index contributed by atoms with van der Waals surface area (Å²) in [6, 6.07) is 0.349. The molecule has 1 aliphatic carbocycles. The molecule has 10 heavy (non-hydrogen) atoms. The SMILES string of the molecule is Cl.N[C@@H]1CCC[C@@H](O)CC1. The van der Waals surface area contributed by atoms with Gasteiger partial charge in [-0.15, -0.1) is 12.4 Å². The number of aliphatic hydroxyl groups excluding tert-OH is 1. The molecule has 1 saturated carbocycles. The Kier molecular flexibility index (Phi) is 5.04. The van der Waals surface area contributed by atoms with Crippen molar-refractivity contribution in [3.05, 3.63) is 0 Å². The minimum absolute atomic E-state index is 0. The summed E-state index contributed by atoms with van der Waals surface area (Å²) in [5.74, 6) is 0. The van der Waals surface area contributed by atoms with E-state index in [-0.39, 0.29) is 18.5 Å². The molecule has 0 amide bonds. The van der Waals surface area contributed by atoms with Crippen LogP contribution in [0.4, 0.5) is 0 Å². The molecule has 0 heterocycles. The number of hydrogen-bond donors (Lipinski definition) is 2. The lowest BCUT2D eigenvalue weighted by atomic mass is 10.1. The molecule has 0 bridgehead atoms. The third kappa shape index (κ3) is 3.40. The molecule has 0 unspecified atom stereocenters. The van der Waals surface area contributed by atoms with Crippen LogP contribution in [-0.4, -0.2) is 17.3 Å². The average molecular weight is 166 g/mol. The molecule has 2 atom stereocenters. The summed E-state index contributed by atoms with van der Waals surface area (Å²) in [5, 5.41) is 9.15. The summed E-state index contributed by atoms with van der Waals surface area (Å²) in [4.78, 5) is 0. The van der Waals surface area contributed by atoms with Crippen LogP contribution < -0.4 is 5.73 Å². The molecule has 2 nitrogen and oxygen atoms in total. The number of nitrogens with two attached hydrogens (primary N) is 1. The lowest BCUT2D eigenvalue weighted by Crippen LogP contribution is -2.18. The van der Waals surface area contributed by atoms with E-state index in [0.29, 0.717) is 6.04 Å². The summed E-state index contributed by atoms with van der Waals surface area (Å²) >= 11 is 0. The first-order valence-electron chi connectivity index (χ1n) is 3.72. The number of hydrogen-bond acceptors (Lipinski definition) is 2. The smallest absolute Gasteiger partial charge is 0.0540 e. The number of rotatable bonds is 0. The summed E-state index contributed by atoms with van der Waals surface area (Å²) in [6.07, 6.45) is 4.98. The lowest BCUT2D eigenvalue weighted by Gasteiger charge is -2.05. The first-order valence-corrected chi connectivity index (χ1v) is 3.72. The molecule has 62 valence electrons. The fourth-order valence-electron chi connectivity index (χ4n) is 1.31. The zero-order chi connectivity index (χ0) is 6.69. The molecule has 3 heteroatoms. The highest BCUT2D eigenvalue weighted by molar-refractivity contribution is 5.85. The number of halogens is 1. The van der Waals surface area contributed by atoms with Gasteiger partial charge >= 0.3 is 0 Å². The maximum atomic E-state index is 9.15. The van der Waals surface area contributed by atoms with E-state index in [1.807, 2.05) is 0 Å². The quantitative estimate of drug-likeness (QED) is 0.528. The van der Waals surface area contributed by atoms with Crippen molar-refractivity contribution in [2.24, 2.45) is 5.73 Å². The molecular weight excluding hydrogens is 150 g/mol. The Morgan fingerprint density at radius 1 is 1.10 bits per heavy atom. The van der Waals surface area contributed by atoms with Crippen molar-refractivity contribution in [2.75, 3.05) is 0 Å². The second-order valence-corrected chi connectivity index (χ2v) is 2.92. The minimum atomic E-state index is -0.0708. The van der Waals surface area contributed by atoms with E-state index in [4.69, 9.17) is 10.8 Å². The van der Waals surface area contributed by atoms with Crippen molar-refractivity contribution in [1.82, 2.24) is 0 Å². The van der Waals surface area contributed by atoms with Crippen LogP contribution in [0.3, 0.4) is 0 Å². The molecule has 0 radical (unpaired) electrons. The fraction of sp³-hybridized carbons (Fsp3) is 1.00. The van der Waals surface area contributed by atoms with Gasteiger partial charge in [0.1, 0.15) is 0 Å². The van der Waals surface area contributed by atoms with Gasteiger partial charge in [0.05, 0.1) is 6.10 Å². The van der Waals surface area contributed by atoms with E-state index in [0.717, 1.165) is 32.1 Å². The highest BCUT2D eigenvalue weighted by Gasteiger charge is 2.12. The van der Waals surface area contributed by atoms with Crippen LogP contribution in [-0.2, 0) is 0 Å². The van der Waals surface area contributed by atoms with Crippen molar-refractivity contribution in [1.29, 1.82) is 0 Å². The van der Waals surface area contributed by atoms with Crippen molar-refractivity contribution in [3.63, 3.8) is 0 Å². The topological polar surface area (TPSA) is 46.2 Å². The van der Waals surface area contributed by atoms with Gasteiger partial charge in [-0.05, 0) is 32.1 Å². The van der Waals surface area contributed by atoms with Crippen LogP contribution in [0.5, 0.6) is 0 Å². The molecule has 0 spiro atoms. The molecule has 0 aromatic heterocycles. The van der Waals surface area contributed by atoms with E-state index in [1.54, 1.807) is 0 Å². The first kappa shape index (κ1) is 10.2. The molecule has 1 fully saturated rings. The highest BCUT2D eigenvalue weighted by Crippen LogP contribution is 2.15. The molecule has 1 rings (SSSR count). The molecule has 0 aliphatic heterocycles. The van der Waals surface area contributed by atoms with Crippen LogP contribution in [0.15, 0.2) is 0 Å². The van der Waals surface area contributed by atoms with Gasteiger partial charge in [-0.1, -0.05) is 0 Å². The second kappa shape index (κ2) is 4.94. The van der Waals surface area contributed by atoms with Crippen LogP contribution in [0, 0.1) is 0 Å². The van der Waals surface area contributed by atoms with E-state index >= 15 is 0 Å². The second-order valence-electron chi connectivity index (χ2n) is 2.92. The summed E-state index contributed by atoms with van der Waals surface area (Å²) in [6.45, 7) is 0. The Morgan fingerprint density at radius 2 is 1.80 bits per heavy atom. The van der Waals surface area contributed by atoms with E-state index in [1.165, 1.54) is 0 Å². The molecule has 0 saturated heterocycles. The van der Waals surface area contributed by atoms with Gasteiger partial charge in [-0.25, -0.2) is 0 Å². The van der Waals surface area contributed by atoms with Gasteiger partial charge in [-0.3, -0.25) is 0 Å². The standard InChI is InChI=1S/C7H15NO.ClH/c8-6-2-1-3-7(9)5-4-6;/h6-7,9H,1-5,8H2;1H/t6-,7-;/m1./s1. The lowest BCUT2D eigenvalue weighted by molar-refractivity contribution is 0.157. The highest BCUT2D eigenvalue weighted by atomic mass is 35.5. The normalized spacial score (nSPS) is 34.2. The molecular formula is C7H16ClNO. The maximum Gasteiger partial charge on any atom is 0.0540 e. The Morgan fingerprint density at radius 3 is 2.50 bits per heavy atom. The van der Waals surface area contributed by atoms with Gasteiger partial charge in [-0.2, -0.15) is 0 Å². The fourth-order valence-corrected chi connectivity index (χ4v) is 1.31. The zero-order valence-electron chi connectivity index (χ0n) is 6.12. The molecule has 1 aliphatic rings. The van der Waals surface area contributed by atoms with Crippen molar-refractivity contribution < 1.29 is 5.11 Å². The first-order chi connectivity index (χ1) is 4.29. The van der Waals surface area contributed by atoms with Gasteiger partial charge in [0.2, 0.25) is 0 Å². The summed E-state index contributed by atoms with van der Waals surface area (Å²) in [5.41, 5.74) is 5.69. The maximum absolute atomic E-state index is 9.15. The Labute approximate surface area is 68.2 Å².